The van der Waals surface area contributed by atoms with Gasteiger partial charge in [0.25, 0.3) is 10.0 Å². The van der Waals surface area contributed by atoms with E-state index in [2.05, 4.69) is 20.5 Å². The van der Waals surface area contributed by atoms with Gasteiger partial charge in [0.2, 0.25) is 11.8 Å². The number of aryl methyl sites for hydroxylation is 1. The van der Waals surface area contributed by atoms with Gasteiger partial charge >= 0.3 is 6.09 Å². The molecule has 2 aromatic carbocycles. The van der Waals surface area contributed by atoms with Gasteiger partial charge in [-0.05, 0) is 43.7 Å². The molecule has 3 rings (SSSR count). The molecule has 0 saturated carbocycles. The predicted octanol–water partition coefficient (Wildman–Crippen LogP) is 2.96. The van der Waals surface area contributed by atoms with E-state index in [1.165, 1.54) is 24.3 Å². The molecule has 0 atom stereocenters. The highest BCUT2D eigenvalue weighted by Crippen LogP contribution is 2.22. The highest BCUT2D eigenvalue weighted by Gasteiger charge is 2.19. The summed E-state index contributed by atoms with van der Waals surface area (Å²) in [5.74, 6) is -0.451. The average molecular weight is 458 g/mol. The monoisotopic (exact) mass is 458 g/mol. The van der Waals surface area contributed by atoms with Gasteiger partial charge in [-0.2, -0.15) is 0 Å². The first-order valence-corrected chi connectivity index (χ1v) is 11.0. The van der Waals surface area contributed by atoms with E-state index >= 15 is 0 Å². The van der Waals surface area contributed by atoms with Crippen LogP contribution in [0.25, 0.3) is 0 Å². The maximum Gasteiger partial charge on any atom is 0.407 e. The second kappa shape index (κ2) is 9.96. The smallest absolute Gasteiger partial charge is 0.407 e. The minimum Gasteiger partial charge on any atom is -0.445 e. The van der Waals surface area contributed by atoms with Crippen LogP contribution < -0.4 is 15.4 Å². The number of anilines is 2. The lowest BCUT2D eigenvalue weighted by molar-refractivity contribution is -0.115. The number of hydrogen-bond donors (Lipinski definition) is 3. The van der Waals surface area contributed by atoms with E-state index in [-0.39, 0.29) is 23.9 Å². The van der Waals surface area contributed by atoms with Gasteiger partial charge in [-0.1, -0.05) is 35.5 Å². The zero-order valence-corrected chi connectivity index (χ0v) is 18.2. The Balaban J connectivity index is 1.48. The molecule has 10 nitrogen and oxygen atoms in total. The summed E-state index contributed by atoms with van der Waals surface area (Å²) in [4.78, 5) is 23.7. The molecule has 1 heterocycles. The lowest BCUT2D eigenvalue weighted by Crippen LogP contribution is -2.33. The van der Waals surface area contributed by atoms with Crippen LogP contribution in [0.15, 0.2) is 64.0 Å². The van der Waals surface area contributed by atoms with Gasteiger partial charge in [-0.15, -0.1) is 0 Å². The lowest BCUT2D eigenvalue weighted by atomic mass is 10.2. The zero-order valence-electron chi connectivity index (χ0n) is 17.4. The van der Waals surface area contributed by atoms with Crippen molar-refractivity contribution in [2.24, 2.45) is 0 Å². The summed E-state index contributed by atoms with van der Waals surface area (Å²) in [5, 5.41) is 8.62. The Labute approximate surface area is 185 Å². The number of nitrogens with one attached hydrogen (secondary N) is 3. The van der Waals surface area contributed by atoms with Crippen LogP contribution in [0, 0.1) is 13.8 Å². The topological polar surface area (TPSA) is 140 Å². The summed E-state index contributed by atoms with van der Waals surface area (Å²) in [7, 11) is -3.89. The number of aromatic nitrogens is 1. The molecule has 3 N–H and O–H groups in total. The number of hydrogen-bond acceptors (Lipinski definition) is 7. The molecule has 0 radical (unpaired) electrons. The summed E-state index contributed by atoms with van der Waals surface area (Å²) in [6.07, 6.45) is -0.727. The van der Waals surface area contributed by atoms with Crippen molar-refractivity contribution < 1.29 is 27.3 Å². The largest absolute Gasteiger partial charge is 0.445 e. The van der Waals surface area contributed by atoms with E-state index in [4.69, 9.17) is 9.26 Å². The Morgan fingerprint density at radius 3 is 2.34 bits per heavy atom. The molecule has 0 aliphatic heterocycles. The molecule has 3 aromatic rings. The second-order valence-corrected chi connectivity index (χ2v) is 8.50. The molecule has 0 saturated heterocycles. The molecule has 1 aromatic heterocycles. The third-order valence-electron chi connectivity index (χ3n) is 4.44. The molecule has 11 heteroatoms. The van der Waals surface area contributed by atoms with Crippen LogP contribution in [0.1, 0.15) is 16.8 Å². The van der Waals surface area contributed by atoms with E-state index < -0.39 is 22.0 Å². The van der Waals surface area contributed by atoms with Gasteiger partial charge in [0, 0.05) is 11.3 Å². The third kappa shape index (κ3) is 6.08. The Hall–Kier alpha value is -3.86. The molecule has 0 fully saturated rings. The number of ether oxygens (including phenoxy) is 1. The number of benzene rings is 2. The van der Waals surface area contributed by atoms with Crippen molar-refractivity contribution in [3.8, 4) is 0 Å². The summed E-state index contributed by atoms with van der Waals surface area (Å²) in [6.45, 7) is 3.17. The first kappa shape index (κ1) is 22.8. The summed E-state index contributed by atoms with van der Waals surface area (Å²) in [5.41, 5.74) is 2.36. The first-order valence-electron chi connectivity index (χ1n) is 9.55. The quantitative estimate of drug-likeness (QED) is 0.471. The van der Waals surface area contributed by atoms with Gasteiger partial charge in [0.1, 0.15) is 13.2 Å². The summed E-state index contributed by atoms with van der Waals surface area (Å²) in [6, 6.07) is 14.7. The predicted molar refractivity (Wildman–Crippen MR) is 116 cm³/mol. The maximum absolute atomic E-state index is 12.5. The molecule has 2 amide bonds. The highest BCUT2D eigenvalue weighted by atomic mass is 32.2. The van der Waals surface area contributed by atoms with Crippen LogP contribution >= 0.6 is 0 Å². The number of alkyl carbamates (subject to hydrolysis) is 1. The van der Waals surface area contributed by atoms with Crippen LogP contribution in [-0.2, 0) is 26.2 Å². The van der Waals surface area contributed by atoms with Gasteiger partial charge in [0.05, 0.1) is 10.6 Å². The molecular weight excluding hydrogens is 436 g/mol. The first-order chi connectivity index (χ1) is 15.2. The number of rotatable bonds is 8. The molecule has 0 aliphatic carbocycles. The summed E-state index contributed by atoms with van der Waals surface area (Å²) < 4.78 is 37.3. The van der Waals surface area contributed by atoms with Crippen LogP contribution in [0.2, 0.25) is 0 Å². The van der Waals surface area contributed by atoms with Crippen molar-refractivity contribution in [2.75, 3.05) is 16.6 Å². The number of nitrogens with zero attached hydrogens (tertiary/aromatic N) is 1. The average Bonchev–Trinajstić information content (AvgIpc) is 3.09. The van der Waals surface area contributed by atoms with Crippen molar-refractivity contribution >= 4 is 33.6 Å². The lowest BCUT2D eigenvalue weighted by Gasteiger charge is -2.09. The minimum absolute atomic E-state index is 0.0217. The SMILES string of the molecule is Cc1noc(NS(=O)(=O)c2ccc(NC(=O)CNC(=O)OCc3ccccc3)cc2)c1C. The Kier molecular flexibility index (Phi) is 7.11. The van der Waals surface area contributed by atoms with Crippen LogP contribution in [-0.4, -0.2) is 32.1 Å². The normalized spacial score (nSPS) is 10.9. The van der Waals surface area contributed by atoms with Gasteiger partial charge < -0.3 is 19.9 Å². The molecule has 0 aliphatic rings. The van der Waals surface area contributed by atoms with Crippen molar-refractivity contribution in [3.05, 3.63) is 71.4 Å². The van der Waals surface area contributed by atoms with Crippen molar-refractivity contribution in [3.63, 3.8) is 0 Å². The van der Waals surface area contributed by atoms with E-state index in [1.807, 2.05) is 30.3 Å². The Morgan fingerprint density at radius 2 is 1.72 bits per heavy atom. The third-order valence-corrected chi connectivity index (χ3v) is 5.79. The van der Waals surface area contributed by atoms with Gasteiger partial charge in [-0.25, -0.2) is 17.9 Å². The maximum atomic E-state index is 12.5. The van der Waals surface area contributed by atoms with Gasteiger partial charge in [0.15, 0.2) is 0 Å². The van der Waals surface area contributed by atoms with Crippen molar-refractivity contribution in [1.82, 2.24) is 10.5 Å². The van der Waals surface area contributed by atoms with E-state index in [0.29, 0.717) is 16.9 Å². The molecule has 32 heavy (non-hydrogen) atoms. The van der Waals surface area contributed by atoms with Crippen molar-refractivity contribution in [1.29, 1.82) is 0 Å². The van der Waals surface area contributed by atoms with Crippen LogP contribution in [0.4, 0.5) is 16.4 Å². The Morgan fingerprint density at radius 1 is 1.03 bits per heavy atom. The fourth-order valence-electron chi connectivity index (χ4n) is 2.54. The molecule has 0 spiro atoms. The van der Waals surface area contributed by atoms with Crippen LogP contribution in [0.3, 0.4) is 0 Å². The zero-order chi connectivity index (χ0) is 23.1. The minimum atomic E-state index is -3.89. The summed E-state index contributed by atoms with van der Waals surface area (Å²) >= 11 is 0. The second-order valence-electron chi connectivity index (χ2n) is 6.82. The number of carbonyl (C=O) groups excluding carboxylic acids is 2. The van der Waals surface area contributed by atoms with E-state index in [0.717, 1.165) is 5.56 Å². The number of sulfonamides is 1. The number of carbonyl (C=O) groups is 2. The molecule has 0 unspecified atom stereocenters. The standard InChI is InChI=1S/C21H22N4O6S/c1-14-15(2)24-31-20(14)25-32(28,29)18-10-8-17(9-11-18)23-19(26)12-22-21(27)30-13-16-6-4-3-5-7-16/h3-11,25H,12-13H2,1-2H3,(H,22,27)(H,23,26). The van der Waals surface area contributed by atoms with Crippen molar-refractivity contribution in [2.45, 2.75) is 25.3 Å². The molecular formula is C21H22N4O6S. The fourth-order valence-corrected chi connectivity index (χ4v) is 3.59. The molecule has 0 bridgehead atoms. The van der Waals surface area contributed by atoms with E-state index in [1.54, 1.807) is 13.8 Å². The van der Waals surface area contributed by atoms with Gasteiger partial charge in [-0.3, -0.25) is 4.79 Å². The fraction of sp³-hybridized carbons (Fsp3) is 0.190. The number of amides is 2. The van der Waals surface area contributed by atoms with Crippen LogP contribution in [0.5, 0.6) is 0 Å². The van der Waals surface area contributed by atoms with E-state index in [9.17, 15) is 18.0 Å². The molecule has 168 valence electrons. The Bertz CT molecular complexity index is 1190. The highest BCUT2D eigenvalue weighted by molar-refractivity contribution is 7.92.